The second kappa shape index (κ2) is 9.39. The second-order valence-electron chi connectivity index (χ2n) is 4.99. The summed E-state index contributed by atoms with van der Waals surface area (Å²) < 4.78 is 0.872. The molecule has 118 valence electrons. The van der Waals surface area contributed by atoms with Gasteiger partial charge < -0.3 is 10.2 Å². The summed E-state index contributed by atoms with van der Waals surface area (Å²) in [5, 5.41) is 18.5. The minimum atomic E-state index is -1.15. The Kier molecular flexibility index (Phi) is 7.82. The number of carbonyl (C=O) groups is 1. The molecule has 1 heterocycles. The summed E-state index contributed by atoms with van der Waals surface area (Å²) >= 11 is 0.865. The highest BCUT2D eigenvalue weighted by atomic mass is 32.1. The molecule has 0 aliphatic rings. The molecule has 0 spiro atoms. The summed E-state index contributed by atoms with van der Waals surface area (Å²) in [5.74, 6) is -1.40. The maximum Gasteiger partial charge on any atom is 0.323 e. The first-order valence-electron chi connectivity index (χ1n) is 7.37. The second-order valence-corrected chi connectivity index (χ2v) is 5.99. The molecule has 0 amide bonds. The van der Waals surface area contributed by atoms with Crippen LogP contribution in [0.4, 0.5) is 0 Å². The van der Waals surface area contributed by atoms with Crippen molar-refractivity contribution in [3.05, 3.63) is 20.6 Å². The lowest BCUT2D eigenvalue weighted by Gasteiger charge is -1.99. The van der Waals surface area contributed by atoms with Crippen molar-refractivity contribution in [2.45, 2.75) is 58.4 Å². The van der Waals surface area contributed by atoms with Crippen LogP contribution >= 0.6 is 11.3 Å². The van der Waals surface area contributed by atoms with Crippen LogP contribution in [0.1, 0.15) is 56.7 Å². The van der Waals surface area contributed by atoms with Gasteiger partial charge in [-0.1, -0.05) is 56.4 Å². The smallest absolute Gasteiger partial charge is 0.323 e. The fourth-order valence-electron chi connectivity index (χ4n) is 2.03. The molecule has 0 saturated carbocycles. The number of aliphatic carboxylic acids is 1. The Morgan fingerprint density at radius 2 is 1.90 bits per heavy atom. The summed E-state index contributed by atoms with van der Waals surface area (Å²) in [4.78, 5) is 22.1. The van der Waals surface area contributed by atoms with E-state index in [9.17, 15) is 14.7 Å². The van der Waals surface area contributed by atoms with Crippen molar-refractivity contribution in [2.24, 2.45) is 0 Å². The van der Waals surface area contributed by atoms with E-state index in [-0.39, 0.29) is 5.88 Å². The van der Waals surface area contributed by atoms with E-state index >= 15 is 0 Å². The predicted molar refractivity (Wildman–Crippen MR) is 84.9 cm³/mol. The van der Waals surface area contributed by atoms with Crippen LogP contribution in [0.15, 0.2) is 10.9 Å². The number of hydrogen-bond acceptors (Lipinski definition) is 4. The molecule has 5 nitrogen and oxygen atoms in total. The van der Waals surface area contributed by atoms with E-state index in [1.165, 1.54) is 32.1 Å². The van der Waals surface area contributed by atoms with Gasteiger partial charge in [0.25, 0.3) is 0 Å². The third-order valence-corrected chi connectivity index (χ3v) is 4.11. The molecular formula is C15H23NO4S. The predicted octanol–water partition coefficient (Wildman–Crippen LogP) is 3.46. The number of thiazole rings is 1. The van der Waals surface area contributed by atoms with Crippen LogP contribution in [-0.2, 0) is 11.3 Å². The standard InChI is InChI=1S/C15H23NO4S/c1-2-3-4-5-6-7-8-9-10-12-14(19)16(11-13(17)18)15(20)21-12/h9-10,19H,2-8,11H2,1H3,(H,17,18). The number of allylic oxidation sites excluding steroid dienone is 1. The maximum atomic E-state index is 11.6. The maximum absolute atomic E-state index is 11.6. The zero-order valence-corrected chi connectivity index (χ0v) is 13.2. The molecule has 6 heteroatoms. The summed E-state index contributed by atoms with van der Waals surface area (Å²) in [7, 11) is 0. The summed E-state index contributed by atoms with van der Waals surface area (Å²) in [6.45, 7) is 1.68. The van der Waals surface area contributed by atoms with Crippen molar-refractivity contribution in [3.8, 4) is 5.88 Å². The third-order valence-electron chi connectivity index (χ3n) is 3.18. The van der Waals surface area contributed by atoms with Crippen molar-refractivity contribution in [1.29, 1.82) is 0 Å². The van der Waals surface area contributed by atoms with Crippen molar-refractivity contribution < 1.29 is 15.0 Å². The van der Waals surface area contributed by atoms with Crippen molar-refractivity contribution in [2.75, 3.05) is 0 Å². The number of rotatable bonds is 10. The Morgan fingerprint density at radius 3 is 2.57 bits per heavy atom. The lowest BCUT2D eigenvalue weighted by Crippen LogP contribution is -2.18. The SMILES string of the molecule is CCCCCCCCC=Cc1sc(=O)n(CC(=O)O)c1O. The molecule has 2 N–H and O–H groups in total. The Morgan fingerprint density at radius 1 is 1.24 bits per heavy atom. The van der Waals surface area contributed by atoms with Crippen LogP contribution in [0, 0.1) is 0 Å². The van der Waals surface area contributed by atoms with Gasteiger partial charge in [0, 0.05) is 0 Å². The van der Waals surface area contributed by atoms with Crippen molar-refractivity contribution in [1.82, 2.24) is 4.57 Å². The van der Waals surface area contributed by atoms with E-state index in [0.29, 0.717) is 4.88 Å². The van der Waals surface area contributed by atoms with Gasteiger partial charge >= 0.3 is 10.8 Å². The highest BCUT2D eigenvalue weighted by molar-refractivity contribution is 7.10. The van der Waals surface area contributed by atoms with E-state index in [0.717, 1.165) is 28.7 Å². The number of aromatic nitrogens is 1. The van der Waals surface area contributed by atoms with Crippen LogP contribution in [0.3, 0.4) is 0 Å². The molecule has 0 unspecified atom stereocenters. The van der Waals surface area contributed by atoms with Crippen molar-refractivity contribution in [3.63, 3.8) is 0 Å². The summed E-state index contributed by atoms with van der Waals surface area (Å²) in [5.41, 5.74) is 0. The summed E-state index contributed by atoms with van der Waals surface area (Å²) in [6, 6.07) is 0. The normalized spacial score (nSPS) is 11.3. The van der Waals surface area contributed by atoms with Gasteiger partial charge in [-0.25, -0.2) is 0 Å². The minimum absolute atomic E-state index is 0.258. The fraction of sp³-hybridized carbons (Fsp3) is 0.600. The van der Waals surface area contributed by atoms with Gasteiger partial charge in [-0.2, -0.15) is 0 Å². The average molecular weight is 313 g/mol. The molecule has 0 fully saturated rings. The number of nitrogens with zero attached hydrogens (tertiary/aromatic N) is 1. The number of unbranched alkanes of at least 4 members (excludes halogenated alkanes) is 6. The molecule has 1 aromatic heterocycles. The van der Waals surface area contributed by atoms with Crippen LogP contribution in [0.5, 0.6) is 5.88 Å². The molecule has 1 aromatic rings. The number of aromatic hydroxyl groups is 1. The van der Waals surface area contributed by atoms with E-state index in [4.69, 9.17) is 5.11 Å². The van der Waals surface area contributed by atoms with Gasteiger partial charge in [-0.15, -0.1) is 0 Å². The molecule has 0 bridgehead atoms. The largest absolute Gasteiger partial charge is 0.493 e. The molecule has 0 aliphatic heterocycles. The molecule has 21 heavy (non-hydrogen) atoms. The van der Waals surface area contributed by atoms with Gasteiger partial charge in [0.05, 0.1) is 4.88 Å². The quantitative estimate of drug-likeness (QED) is 0.648. The van der Waals surface area contributed by atoms with Gasteiger partial charge in [-0.05, 0) is 18.9 Å². The van der Waals surface area contributed by atoms with Gasteiger partial charge in [0.2, 0.25) is 5.88 Å². The highest BCUT2D eigenvalue weighted by Gasteiger charge is 2.13. The van der Waals surface area contributed by atoms with E-state index in [1.54, 1.807) is 6.08 Å². The van der Waals surface area contributed by atoms with E-state index < -0.39 is 17.4 Å². The Bertz CT molecular complexity index is 530. The van der Waals surface area contributed by atoms with E-state index in [2.05, 4.69) is 6.92 Å². The molecule has 0 radical (unpaired) electrons. The van der Waals surface area contributed by atoms with E-state index in [1.807, 2.05) is 6.08 Å². The molecule has 1 rings (SSSR count). The first-order valence-corrected chi connectivity index (χ1v) is 8.18. The molecule has 0 aliphatic carbocycles. The molecular weight excluding hydrogens is 290 g/mol. The first kappa shape index (κ1) is 17.5. The van der Waals surface area contributed by atoms with Gasteiger partial charge in [0.1, 0.15) is 6.54 Å². The monoisotopic (exact) mass is 313 g/mol. The molecule has 0 aromatic carbocycles. The van der Waals surface area contributed by atoms with Crippen LogP contribution in [-0.4, -0.2) is 20.7 Å². The zero-order chi connectivity index (χ0) is 15.7. The minimum Gasteiger partial charge on any atom is -0.493 e. The number of hydrogen-bond donors (Lipinski definition) is 2. The highest BCUT2D eigenvalue weighted by Crippen LogP contribution is 2.21. The zero-order valence-electron chi connectivity index (χ0n) is 12.4. The van der Waals surface area contributed by atoms with Crippen molar-refractivity contribution >= 4 is 23.4 Å². The molecule has 0 atom stereocenters. The average Bonchev–Trinajstić information content (AvgIpc) is 2.69. The Balaban J connectivity index is 2.43. The molecule has 0 saturated heterocycles. The first-order chi connectivity index (χ1) is 10.1. The van der Waals surface area contributed by atoms with Gasteiger partial charge in [-0.3, -0.25) is 14.2 Å². The topological polar surface area (TPSA) is 79.5 Å². The lowest BCUT2D eigenvalue weighted by atomic mass is 10.1. The third kappa shape index (κ3) is 6.16. The van der Waals surface area contributed by atoms with Crippen LogP contribution in [0.2, 0.25) is 0 Å². The number of carboxylic acids is 1. The van der Waals surface area contributed by atoms with Crippen LogP contribution < -0.4 is 4.87 Å². The fourth-order valence-corrected chi connectivity index (χ4v) is 2.85. The lowest BCUT2D eigenvalue weighted by molar-refractivity contribution is -0.137. The summed E-state index contributed by atoms with van der Waals surface area (Å²) in [6.07, 6.45) is 11.9. The van der Waals surface area contributed by atoms with Gasteiger partial charge in [0.15, 0.2) is 0 Å². The Labute approximate surface area is 128 Å². The van der Waals surface area contributed by atoms with Crippen LogP contribution in [0.25, 0.3) is 6.08 Å². The Hall–Kier alpha value is -1.56. The number of carboxylic acid groups (broad SMARTS) is 1.